The lowest BCUT2D eigenvalue weighted by Crippen LogP contribution is -2.35. The van der Waals surface area contributed by atoms with Crippen molar-refractivity contribution in [2.24, 2.45) is 0 Å². The molecule has 132 valence electrons. The van der Waals surface area contributed by atoms with Crippen LogP contribution in [0.1, 0.15) is 39.2 Å². The summed E-state index contributed by atoms with van der Waals surface area (Å²) >= 11 is 1.39. The molecule has 0 spiro atoms. The van der Waals surface area contributed by atoms with E-state index in [0.29, 0.717) is 48.6 Å². The zero-order valence-electron chi connectivity index (χ0n) is 14.2. The molecule has 2 aromatic rings. The van der Waals surface area contributed by atoms with Crippen LogP contribution in [0.3, 0.4) is 0 Å². The summed E-state index contributed by atoms with van der Waals surface area (Å²) in [7, 11) is 0. The van der Waals surface area contributed by atoms with Gasteiger partial charge in [-0.15, -0.1) is 11.3 Å². The first-order valence-electron chi connectivity index (χ1n) is 8.58. The van der Waals surface area contributed by atoms with Crippen LogP contribution in [-0.2, 0) is 17.8 Å². The summed E-state index contributed by atoms with van der Waals surface area (Å²) in [6, 6.07) is 9.43. The summed E-state index contributed by atoms with van der Waals surface area (Å²) in [6.07, 6.45) is 2.06. The predicted molar refractivity (Wildman–Crippen MR) is 99.9 cm³/mol. The van der Waals surface area contributed by atoms with Gasteiger partial charge < -0.3 is 15.5 Å². The van der Waals surface area contributed by atoms with Crippen molar-refractivity contribution in [1.82, 2.24) is 4.90 Å². The van der Waals surface area contributed by atoms with Crippen LogP contribution in [-0.4, -0.2) is 29.8 Å². The summed E-state index contributed by atoms with van der Waals surface area (Å²) in [6.45, 7) is 1.73. The number of carbonyl (C=O) groups excluding carboxylic acids is 2. The van der Waals surface area contributed by atoms with Gasteiger partial charge in [0.25, 0.3) is 5.91 Å². The maximum atomic E-state index is 13.0. The number of amides is 2. The number of benzene rings is 1. The lowest BCUT2D eigenvalue weighted by Gasteiger charge is -2.27. The molecule has 2 aliphatic rings. The van der Waals surface area contributed by atoms with Crippen molar-refractivity contribution in [3.8, 4) is 6.07 Å². The molecule has 2 N–H and O–H groups in total. The first-order chi connectivity index (χ1) is 12.6. The van der Waals surface area contributed by atoms with Gasteiger partial charge in [0.15, 0.2) is 0 Å². The Morgan fingerprint density at radius 3 is 2.85 bits per heavy atom. The second-order valence-corrected chi connectivity index (χ2v) is 7.67. The minimum Gasteiger partial charge on any atom is -0.389 e. The lowest BCUT2D eigenvalue weighted by molar-refractivity contribution is -0.117. The van der Waals surface area contributed by atoms with Crippen LogP contribution >= 0.6 is 11.3 Å². The second kappa shape index (κ2) is 6.46. The highest BCUT2D eigenvalue weighted by Gasteiger charge is 2.28. The number of nitrogens with two attached hydrogens (primary N) is 1. The molecule has 6 nitrogen and oxygen atoms in total. The quantitative estimate of drug-likeness (QED) is 0.884. The molecule has 0 radical (unpaired) electrons. The molecule has 1 aromatic carbocycles. The molecule has 0 atom stereocenters. The number of fused-ring (bicyclic) bond motifs is 1. The molecule has 3 heterocycles. The number of nitrogen functional groups attached to an aromatic ring is 1. The molecule has 0 unspecified atom stereocenters. The topological polar surface area (TPSA) is 90.4 Å². The average molecular weight is 366 g/mol. The van der Waals surface area contributed by atoms with E-state index >= 15 is 0 Å². The SMILES string of the molecule is N#Cc1c(N)sc2c1CCN(C(=O)c1cccc(N3CCCC3=O)c1)C2. The van der Waals surface area contributed by atoms with E-state index in [4.69, 9.17) is 5.73 Å². The number of nitrogens with zero attached hydrogens (tertiary/aromatic N) is 3. The zero-order chi connectivity index (χ0) is 18.3. The Labute approximate surface area is 155 Å². The van der Waals surface area contributed by atoms with Crippen molar-refractivity contribution in [2.75, 3.05) is 23.7 Å². The lowest BCUT2D eigenvalue weighted by atomic mass is 10.0. The minimum atomic E-state index is -0.0605. The molecule has 2 amide bonds. The number of rotatable bonds is 2. The first-order valence-corrected chi connectivity index (χ1v) is 9.40. The fourth-order valence-electron chi connectivity index (χ4n) is 3.63. The maximum Gasteiger partial charge on any atom is 0.254 e. The highest BCUT2D eigenvalue weighted by atomic mass is 32.1. The number of hydrogen-bond acceptors (Lipinski definition) is 5. The zero-order valence-corrected chi connectivity index (χ0v) is 15.0. The van der Waals surface area contributed by atoms with Gasteiger partial charge in [-0.1, -0.05) is 6.07 Å². The van der Waals surface area contributed by atoms with Crippen LogP contribution in [0.25, 0.3) is 0 Å². The maximum absolute atomic E-state index is 13.0. The molecule has 0 bridgehead atoms. The Bertz CT molecular complexity index is 944. The van der Waals surface area contributed by atoms with Gasteiger partial charge in [-0.3, -0.25) is 9.59 Å². The number of hydrogen-bond donors (Lipinski definition) is 1. The Morgan fingerprint density at radius 1 is 1.27 bits per heavy atom. The molecule has 0 saturated carbocycles. The third-order valence-electron chi connectivity index (χ3n) is 4.96. The van der Waals surface area contributed by atoms with Crippen molar-refractivity contribution >= 4 is 33.8 Å². The van der Waals surface area contributed by atoms with E-state index in [2.05, 4.69) is 6.07 Å². The Hall–Kier alpha value is -2.85. The van der Waals surface area contributed by atoms with Crippen LogP contribution < -0.4 is 10.6 Å². The monoisotopic (exact) mass is 366 g/mol. The Kier molecular flexibility index (Phi) is 4.13. The number of thiophene rings is 1. The van der Waals surface area contributed by atoms with Gasteiger partial charge in [0, 0.05) is 35.6 Å². The molecule has 1 fully saturated rings. The van der Waals surface area contributed by atoms with Crippen LogP contribution in [0.4, 0.5) is 10.7 Å². The summed E-state index contributed by atoms with van der Waals surface area (Å²) < 4.78 is 0. The average Bonchev–Trinajstić information content (AvgIpc) is 3.22. The van der Waals surface area contributed by atoms with E-state index in [1.54, 1.807) is 21.9 Å². The van der Waals surface area contributed by atoms with E-state index in [9.17, 15) is 14.9 Å². The van der Waals surface area contributed by atoms with Crippen LogP contribution in [0, 0.1) is 11.3 Å². The largest absolute Gasteiger partial charge is 0.389 e. The van der Waals surface area contributed by atoms with E-state index < -0.39 is 0 Å². The van der Waals surface area contributed by atoms with Gasteiger partial charge in [-0.05, 0) is 36.6 Å². The van der Waals surface area contributed by atoms with Gasteiger partial charge in [0.1, 0.15) is 11.1 Å². The van der Waals surface area contributed by atoms with Crippen molar-refractivity contribution in [3.05, 3.63) is 45.8 Å². The van der Waals surface area contributed by atoms with Crippen molar-refractivity contribution < 1.29 is 9.59 Å². The second-order valence-electron chi connectivity index (χ2n) is 6.53. The standard InChI is InChI=1S/C19H18N4O2S/c20-10-15-14-6-8-22(11-16(14)26-18(15)21)19(25)12-3-1-4-13(9-12)23-7-2-5-17(23)24/h1,3-4,9H,2,5-8,11,21H2. The highest BCUT2D eigenvalue weighted by Crippen LogP contribution is 2.35. The van der Waals surface area contributed by atoms with Gasteiger partial charge in [0.2, 0.25) is 5.91 Å². The van der Waals surface area contributed by atoms with Crippen molar-refractivity contribution in [3.63, 3.8) is 0 Å². The number of carbonyl (C=O) groups is 2. The predicted octanol–water partition coefficient (Wildman–Crippen LogP) is 2.53. The van der Waals surface area contributed by atoms with Gasteiger partial charge in [0.05, 0.1) is 12.1 Å². The molecular weight excluding hydrogens is 348 g/mol. The molecule has 1 saturated heterocycles. The Morgan fingerprint density at radius 2 is 2.12 bits per heavy atom. The summed E-state index contributed by atoms with van der Waals surface area (Å²) in [5.41, 5.74) is 8.83. The van der Waals surface area contributed by atoms with Crippen molar-refractivity contribution in [2.45, 2.75) is 25.8 Å². The normalized spacial score (nSPS) is 16.5. The number of nitriles is 1. The third kappa shape index (κ3) is 2.72. The molecule has 0 aliphatic carbocycles. The molecular formula is C19H18N4O2S. The molecule has 7 heteroatoms. The molecule has 4 rings (SSSR count). The van der Waals surface area contributed by atoms with Crippen molar-refractivity contribution in [1.29, 1.82) is 5.26 Å². The first kappa shape index (κ1) is 16.6. The third-order valence-corrected chi connectivity index (χ3v) is 6.01. The van der Waals surface area contributed by atoms with Crippen LogP contribution in [0.2, 0.25) is 0 Å². The molecule has 1 aromatic heterocycles. The number of anilines is 2. The van der Waals surface area contributed by atoms with E-state index in [1.165, 1.54) is 11.3 Å². The highest BCUT2D eigenvalue weighted by molar-refractivity contribution is 7.16. The smallest absolute Gasteiger partial charge is 0.254 e. The Balaban J connectivity index is 1.57. The molecule has 26 heavy (non-hydrogen) atoms. The van der Waals surface area contributed by atoms with Gasteiger partial charge in [-0.2, -0.15) is 5.26 Å². The minimum absolute atomic E-state index is 0.0605. The fourth-order valence-corrected chi connectivity index (χ4v) is 4.72. The van der Waals surface area contributed by atoms with Gasteiger partial charge in [-0.25, -0.2) is 0 Å². The summed E-state index contributed by atoms with van der Waals surface area (Å²) in [4.78, 5) is 29.4. The van der Waals surface area contributed by atoms with E-state index in [1.807, 2.05) is 12.1 Å². The van der Waals surface area contributed by atoms with Gasteiger partial charge >= 0.3 is 0 Å². The summed E-state index contributed by atoms with van der Waals surface area (Å²) in [5.74, 6) is 0.0462. The molecule has 2 aliphatic heterocycles. The van der Waals surface area contributed by atoms with Crippen LogP contribution in [0.15, 0.2) is 24.3 Å². The fraction of sp³-hybridized carbons (Fsp3) is 0.316. The van der Waals surface area contributed by atoms with E-state index in [0.717, 1.165) is 22.5 Å². The summed E-state index contributed by atoms with van der Waals surface area (Å²) in [5, 5.41) is 9.77. The van der Waals surface area contributed by atoms with E-state index in [-0.39, 0.29) is 11.8 Å². The van der Waals surface area contributed by atoms with Crippen LogP contribution in [0.5, 0.6) is 0 Å².